The van der Waals surface area contributed by atoms with Gasteiger partial charge in [-0.1, -0.05) is 11.6 Å². The van der Waals surface area contributed by atoms with Crippen molar-refractivity contribution in [1.29, 1.82) is 0 Å². The maximum Gasteiger partial charge on any atom is 0.329 e. The monoisotopic (exact) mass is 275 g/mol. The lowest BCUT2D eigenvalue weighted by Gasteiger charge is -2.15. The van der Waals surface area contributed by atoms with E-state index in [4.69, 9.17) is 4.74 Å². The first-order valence-electron chi connectivity index (χ1n) is 6.31. The number of rotatable bonds is 4. The van der Waals surface area contributed by atoms with Gasteiger partial charge in [0.15, 0.2) is 0 Å². The van der Waals surface area contributed by atoms with Gasteiger partial charge < -0.3 is 10.1 Å². The number of allylic oxidation sites excluding steroid dienone is 1. The van der Waals surface area contributed by atoms with Gasteiger partial charge in [0, 0.05) is 6.20 Å². The number of amides is 3. The summed E-state index contributed by atoms with van der Waals surface area (Å²) in [5.74, 6) is -0.0438. The van der Waals surface area contributed by atoms with Gasteiger partial charge in [0.1, 0.15) is 11.7 Å². The summed E-state index contributed by atoms with van der Waals surface area (Å²) in [6, 6.07) is 2.30. The Morgan fingerprint density at radius 3 is 2.90 bits per heavy atom. The molecule has 0 saturated carbocycles. The first-order chi connectivity index (χ1) is 9.54. The molecular formula is C14H17N3O3. The van der Waals surface area contributed by atoms with Gasteiger partial charge in [0.2, 0.25) is 5.88 Å². The second kappa shape index (κ2) is 5.73. The molecule has 0 spiro atoms. The van der Waals surface area contributed by atoms with Gasteiger partial charge in [-0.05, 0) is 32.4 Å². The summed E-state index contributed by atoms with van der Waals surface area (Å²) in [6.07, 6.45) is 3.94. The Bertz CT molecular complexity index is 565. The Morgan fingerprint density at radius 2 is 2.25 bits per heavy atom. The van der Waals surface area contributed by atoms with Crippen LogP contribution in [0.25, 0.3) is 0 Å². The Morgan fingerprint density at radius 1 is 1.50 bits per heavy atom. The van der Waals surface area contributed by atoms with E-state index in [2.05, 4.69) is 10.3 Å². The van der Waals surface area contributed by atoms with Crippen LogP contribution in [0.2, 0.25) is 0 Å². The van der Waals surface area contributed by atoms with E-state index >= 15 is 0 Å². The molecule has 0 radical (unpaired) electrons. The number of imide groups is 1. The summed E-state index contributed by atoms with van der Waals surface area (Å²) in [4.78, 5) is 29.4. The van der Waals surface area contributed by atoms with Gasteiger partial charge >= 0.3 is 6.03 Å². The quantitative estimate of drug-likeness (QED) is 0.672. The molecule has 1 aliphatic rings. The van der Waals surface area contributed by atoms with Crippen molar-refractivity contribution >= 4 is 17.6 Å². The summed E-state index contributed by atoms with van der Waals surface area (Å²) < 4.78 is 5.09. The van der Waals surface area contributed by atoms with Crippen LogP contribution in [0.15, 0.2) is 30.0 Å². The zero-order valence-corrected chi connectivity index (χ0v) is 11.7. The fourth-order valence-corrected chi connectivity index (χ4v) is 1.98. The third-order valence-corrected chi connectivity index (χ3v) is 2.97. The van der Waals surface area contributed by atoms with Crippen LogP contribution >= 0.6 is 0 Å². The molecule has 1 atom stereocenters. The maximum atomic E-state index is 12.3. The third-order valence-electron chi connectivity index (χ3n) is 2.97. The van der Waals surface area contributed by atoms with Crippen LogP contribution in [-0.2, 0) is 4.79 Å². The first kappa shape index (κ1) is 14.0. The molecule has 1 saturated heterocycles. The number of nitrogens with one attached hydrogen (secondary N) is 1. The number of anilines is 1. The highest BCUT2D eigenvalue weighted by Crippen LogP contribution is 2.28. The SMILES string of the molecule is COc1ncccc1N1C(=O)NC(CC=C(C)C)C1=O. The van der Waals surface area contributed by atoms with E-state index in [0.29, 0.717) is 12.1 Å². The minimum absolute atomic E-state index is 0.249. The van der Waals surface area contributed by atoms with Crippen LogP contribution < -0.4 is 15.0 Å². The number of carbonyl (C=O) groups is 2. The Balaban J connectivity index is 2.27. The van der Waals surface area contributed by atoms with Crippen molar-refractivity contribution in [2.75, 3.05) is 12.0 Å². The predicted octanol–water partition coefficient (Wildman–Crippen LogP) is 1.87. The zero-order valence-electron chi connectivity index (χ0n) is 11.7. The molecule has 0 bridgehead atoms. The lowest BCUT2D eigenvalue weighted by molar-refractivity contribution is -0.118. The highest BCUT2D eigenvalue weighted by Gasteiger charge is 2.39. The molecule has 0 aliphatic carbocycles. The van der Waals surface area contributed by atoms with Crippen molar-refractivity contribution in [2.24, 2.45) is 0 Å². The van der Waals surface area contributed by atoms with Crippen molar-refractivity contribution in [3.8, 4) is 5.88 Å². The summed E-state index contributed by atoms with van der Waals surface area (Å²) in [6.45, 7) is 3.90. The average molecular weight is 275 g/mol. The van der Waals surface area contributed by atoms with Gasteiger partial charge in [-0.25, -0.2) is 14.7 Å². The fourth-order valence-electron chi connectivity index (χ4n) is 1.98. The van der Waals surface area contributed by atoms with Crippen LogP contribution in [0, 0.1) is 0 Å². The summed E-state index contributed by atoms with van der Waals surface area (Å²) in [5.41, 5.74) is 1.46. The molecule has 1 aromatic rings. The molecule has 2 heterocycles. The minimum atomic E-state index is -0.540. The Kier molecular flexibility index (Phi) is 4.02. The number of urea groups is 1. The number of nitrogens with zero attached hydrogens (tertiary/aromatic N) is 2. The second-order valence-corrected chi connectivity index (χ2v) is 4.72. The van der Waals surface area contributed by atoms with Gasteiger partial charge in [0.05, 0.1) is 7.11 Å². The normalized spacial score (nSPS) is 17.9. The number of hydrogen-bond donors (Lipinski definition) is 1. The van der Waals surface area contributed by atoms with Crippen molar-refractivity contribution in [3.05, 3.63) is 30.0 Å². The van der Waals surface area contributed by atoms with E-state index < -0.39 is 12.1 Å². The predicted molar refractivity (Wildman–Crippen MR) is 74.6 cm³/mol. The topological polar surface area (TPSA) is 71.5 Å². The first-order valence-corrected chi connectivity index (χ1v) is 6.31. The van der Waals surface area contributed by atoms with Crippen LogP contribution in [0.3, 0.4) is 0 Å². The molecule has 3 amide bonds. The highest BCUT2D eigenvalue weighted by molar-refractivity contribution is 6.21. The molecule has 6 nitrogen and oxygen atoms in total. The number of pyridine rings is 1. The zero-order chi connectivity index (χ0) is 14.7. The highest BCUT2D eigenvalue weighted by atomic mass is 16.5. The Labute approximate surface area is 117 Å². The third kappa shape index (κ3) is 2.64. The van der Waals surface area contributed by atoms with E-state index in [9.17, 15) is 9.59 Å². The van der Waals surface area contributed by atoms with Gasteiger partial charge in [-0.3, -0.25) is 4.79 Å². The van der Waals surface area contributed by atoms with E-state index in [0.717, 1.165) is 10.5 Å². The van der Waals surface area contributed by atoms with Crippen molar-refractivity contribution < 1.29 is 14.3 Å². The van der Waals surface area contributed by atoms with Gasteiger partial charge in [-0.2, -0.15) is 0 Å². The van der Waals surface area contributed by atoms with Crippen molar-refractivity contribution in [2.45, 2.75) is 26.3 Å². The van der Waals surface area contributed by atoms with Crippen molar-refractivity contribution in [3.63, 3.8) is 0 Å². The van der Waals surface area contributed by atoms with E-state index in [1.807, 2.05) is 19.9 Å². The lowest BCUT2D eigenvalue weighted by Crippen LogP contribution is -2.31. The van der Waals surface area contributed by atoms with Crippen LogP contribution in [0.4, 0.5) is 10.5 Å². The molecule has 1 N–H and O–H groups in total. The molecule has 1 unspecified atom stereocenters. The maximum absolute atomic E-state index is 12.3. The van der Waals surface area contributed by atoms with Crippen molar-refractivity contribution in [1.82, 2.24) is 10.3 Å². The van der Waals surface area contributed by atoms with E-state index in [1.165, 1.54) is 7.11 Å². The number of ether oxygens (including phenoxy) is 1. The lowest BCUT2D eigenvalue weighted by atomic mass is 10.1. The molecule has 0 aromatic carbocycles. The number of carbonyl (C=O) groups excluding carboxylic acids is 2. The fraction of sp³-hybridized carbons (Fsp3) is 0.357. The summed E-state index contributed by atoms with van der Waals surface area (Å²) >= 11 is 0. The molecule has 1 aliphatic heterocycles. The van der Waals surface area contributed by atoms with E-state index in [1.54, 1.807) is 18.3 Å². The van der Waals surface area contributed by atoms with Gasteiger partial charge in [-0.15, -0.1) is 0 Å². The average Bonchev–Trinajstić information content (AvgIpc) is 2.71. The summed E-state index contributed by atoms with van der Waals surface area (Å²) in [7, 11) is 1.45. The molecule has 1 fully saturated rings. The molecule has 106 valence electrons. The van der Waals surface area contributed by atoms with Gasteiger partial charge in [0.25, 0.3) is 5.91 Å². The molecular weight excluding hydrogens is 258 g/mol. The van der Waals surface area contributed by atoms with Crippen LogP contribution in [0.5, 0.6) is 5.88 Å². The molecule has 2 rings (SSSR count). The molecule has 6 heteroatoms. The Hall–Kier alpha value is -2.37. The van der Waals surface area contributed by atoms with Crippen LogP contribution in [-0.4, -0.2) is 30.1 Å². The minimum Gasteiger partial charge on any atom is -0.479 e. The molecule has 20 heavy (non-hydrogen) atoms. The largest absolute Gasteiger partial charge is 0.479 e. The standard InChI is InChI=1S/C14H17N3O3/c1-9(2)6-7-10-13(18)17(14(19)16-10)11-5-4-8-15-12(11)20-3/h4-6,8,10H,7H2,1-3H3,(H,16,19). The number of hydrogen-bond acceptors (Lipinski definition) is 4. The number of aromatic nitrogens is 1. The van der Waals surface area contributed by atoms with E-state index in [-0.39, 0.29) is 11.8 Å². The molecule has 1 aromatic heterocycles. The second-order valence-electron chi connectivity index (χ2n) is 4.72. The van der Waals surface area contributed by atoms with Crippen LogP contribution in [0.1, 0.15) is 20.3 Å². The number of methoxy groups -OCH3 is 1. The summed E-state index contributed by atoms with van der Waals surface area (Å²) in [5, 5.41) is 2.67. The smallest absolute Gasteiger partial charge is 0.329 e.